The summed E-state index contributed by atoms with van der Waals surface area (Å²) < 4.78 is 12.0. The normalized spacial score (nSPS) is 10.3. The number of amides is 1. The van der Waals surface area contributed by atoms with Crippen LogP contribution >= 0.6 is 23.1 Å². The first kappa shape index (κ1) is 18.2. The Kier molecular flexibility index (Phi) is 6.45. The van der Waals surface area contributed by atoms with E-state index in [2.05, 4.69) is 15.5 Å². The molecule has 1 aromatic heterocycles. The number of nitrogens with one attached hydrogen (secondary N) is 1. The predicted molar refractivity (Wildman–Crippen MR) is 103 cm³/mol. The average Bonchev–Trinajstić information content (AvgIpc) is 3.17. The van der Waals surface area contributed by atoms with Crippen molar-refractivity contribution in [2.45, 2.75) is 11.3 Å². The van der Waals surface area contributed by atoms with Gasteiger partial charge in [0.25, 0.3) is 0 Å². The molecule has 0 aliphatic carbocycles. The van der Waals surface area contributed by atoms with Crippen molar-refractivity contribution in [3.05, 3.63) is 54.0 Å². The van der Waals surface area contributed by atoms with Crippen LogP contribution in [0.5, 0.6) is 17.2 Å². The van der Waals surface area contributed by atoms with Gasteiger partial charge >= 0.3 is 0 Å². The Bertz CT molecular complexity index is 822. The molecule has 3 aromatic rings. The lowest BCUT2D eigenvalue weighted by atomic mass is 10.3. The first-order chi connectivity index (χ1) is 12.7. The first-order valence-electron chi connectivity index (χ1n) is 7.92. The highest BCUT2D eigenvalue weighted by Crippen LogP contribution is 2.25. The van der Waals surface area contributed by atoms with Gasteiger partial charge in [0.15, 0.2) is 4.34 Å². The van der Waals surface area contributed by atoms with Crippen molar-refractivity contribution in [2.24, 2.45) is 0 Å². The predicted octanol–water partition coefficient (Wildman–Crippen LogP) is 4.46. The summed E-state index contributed by atoms with van der Waals surface area (Å²) >= 11 is 2.78. The van der Waals surface area contributed by atoms with Crippen molar-refractivity contribution in [3.8, 4) is 17.2 Å². The van der Waals surface area contributed by atoms with E-state index in [1.165, 1.54) is 23.1 Å². The summed E-state index contributed by atoms with van der Waals surface area (Å²) in [7, 11) is 0. The zero-order chi connectivity index (χ0) is 18.2. The van der Waals surface area contributed by atoms with Gasteiger partial charge in [-0.3, -0.25) is 4.79 Å². The van der Waals surface area contributed by atoms with Crippen molar-refractivity contribution < 1.29 is 14.3 Å². The summed E-state index contributed by atoms with van der Waals surface area (Å²) in [6.07, 6.45) is 0. The second kappa shape index (κ2) is 9.21. The van der Waals surface area contributed by atoms with E-state index in [1.807, 2.05) is 43.3 Å². The molecule has 8 heteroatoms. The van der Waals surface area contributed by atoms with Crippen LogP contribution in [-0.2, 0) is 4.79 Å². The minimum absolute atomic E-state index is 0.0922. The van der Waals surface area contributed by atoms with Crippen LogP contribution in [0.2, 0.25) is 0 Å². The number of thioether (sulfide) groups is 1. The third-order valence-corrected chi connectivity index (χ3v) is 5.04. The largest absolute Gasteiger partial charge is 0.494 e. The molecular formula is C18H17N3O3S2. The van der Waals surface area contributed by atoms with Gasteiger partial charge in [0.2, 0.25) is 5.91 Å². The van der Waals surface area contributed by atoms with Crippen LogP contribution < -0.4 is 14.8 Å². The monoisotopic (exact) mass is 387 g/mol. The summed E-state index contributed by atoms with van der Waals surface area (Å²) in [5.41, 5.74) is 2.36. The van der Waals surface area contributed by atoms with E-state index in [1.54, 1.807) is 17.6 Å². The second-order valence-corrected chi connectivity index (χ2v) is 7.13. The van der Waals surface area contributed by atoms with E-state index in [-0.39, 0.29) is 5.91 Å². The third kappa shape index (κ3) is 5.47. The van der Waals surface area contributed by atoms with Gasteiger partial charge in [-0.05, 0) is 55.5 Å². The number of benzene rings is 2. The van der Waals surface area contributed by atoms with Gasteiger partial charge in [0.1, 0.15) is 22.8 Å². The minimum Gasteiger partial charge on any atom is -0.494 e. The molecule has 6 nitrogen and oxygen atoms in total. The Morgan fingerprint density at radius 1 is 1.08 bits per heavy atom. The summed E-state index contributed by atoms with van der Waals surface area (Å²) in [6, 6.07) is 14.7. The Labute approximate surface area is 159 Å². The highest BCUT2D eigenvalue weighted by atomic mass is 32.2. The molecule has 1 heterocycles. The van der Waals surface area contributed by atoms with E-state index in [0.29, 0.717) is 23.8 Å². The Balaban J connectivity index is 1.50. The highest BCUT2D eigenvalue weighted by Gasteiger charge is 2.06. The molecule has 0 fully saturated rings. The molecular weight excluding hydrogens is 370 g/mol. The molecule has 1 amide bonds. The molecule has 26 heavy (non-hydrogen) atoms. The number of hydrogen-bond acceptors (Lipinski definition) is 7. The molecule has 0 saturated carbocycles. The fraction of sp³-hybridized carbons (Fsp3) is 0.167. The average molecular weight is 387 g/mol. The lowest BCUT2D eigenvalue weighted by Gasteiger charge is -2.09. The SMILES string of the molecule is CCOc1ccc(Oc2ccc(NC(=O)CSc3nncs3)cc2)cc1. The standard InChI is InChI=1S/C18H17N3O3S2/c1-2-23-14-7-9-16(10-8-14)24-15-5-3-13(4-6-15)20-17(22)11-25-18-21-19-12-26-18/h3-10,12H,2,11H2,1H3,(H,20,22). The summed E-state index contributed by atoms with van der Waals surface area (Å²) in [5.74, 6) is 2.42. The maximum atomic E-state index is 12.0. The quantitative estimate of drug-likeness (QED) is 0.575. The molecule has 134 valence electrons. The molecule has 3 rings (SSSR count). The Morgan fingerprint density at radius 2 is 1.73 bits per heavy atom. The van der Waals surface area contributed by atoms with E-state index in [0.717, 1.165) is 15.8 Å². The van der Waals surface area contributed by atoms with Crippen molar-refractivity contribution in [3.63, 3.8) is 0 Å². The number of carbonyl (C=O) groups is 1. The van der Waals surface area contributed by atoms with Crippen LogP contribution in [0, 0.1) is 0 Å². The molecule has 1 N–H and O–H groups in total. The number of rotatable bonds is 8. The van der Waals surface area contributed by atoms with Gasteiger partial charge in [0.05, 0.1) is 12.4 Å². The lowest BCUT2D eigenvalue weighted by Crippen LogP contribution is -2.13. The summed E-state index contributed by atoms with van der Waals surface area (Å²) in [5, 5.41) is 10.5. The van der Waals surface area contributed by atoms with Crippen LogP contribution in [0.15, 0.2) is 58.4 Å². The molecule has 0 spiro atoms. The van der Waals surface area contributed by atoms with E-state index < -0.39 is 0 Å². The summed E-state index contributed by atoms with van der Waals surface area (Å²) in [6.45, 7) is 2.58. The fourth-order valence-corrected chi connectivity index (χ4v) is 3.35. The highest BCUT2D eigenvalue weighted by molar-refractivity contribution is 8.01. The van der Waals surface area contributed by atoms with E-state index in [4.69, 9.17) is 9.47 Å². The van der Waals surface area contributed by atoms with Crippen LogP contribution in [0.3, 0.4) is 0 Å². The minimum atomic E-state index is -0.0922. The van der Waals surface area contributed by atoms with Gasteiger partial charge in [0, 0.05) is 5.69 Å². The van der Waals surface area contributed by atoms with Crippen molar-refractivity contribution in [1.82, 2.24) is 10.2 Å². The lowest BCUT2D eigenvalue weighted by molar-refractivity contribution is -0.113. The van der Waals surface area contributed by atoms with Gasteiger partial charge < -0.3 is 14.8 Å². The van der Waals surface area contributed by atoms with E-state index >= 15 is 0 Å². The third-order valence-electron chi connectivity index (χ3n) is 3.18. The van der Waals surface area contributed by atoms with Crippen LogP contribution in [-0.4, -0.2) is 28.5 Å². The van der Waals surface area contributed by atoms with Crippen molar-refractivity contribution in [1.29, 1.82) is 0 Å². The molecule has 0 radical (unpaired) electrons. The Hall–Kier alpha value is -2.58. The van der Waals surface area contributed by atoms with Gasteiger partial charge in [-0.25, -0.2) is 0 Å². The van der Waals surface area contributed by atoms with Crippen LogP contribution in [0.1, 0.15) is 6.92 Å². The topological polar surface area (TPSA) is 73.3 Å². The zero-order valence-corrected chi connectivity index (χ0v) is 15.7. The molecule has 0 aliphatic rings. The van der Waals surface area contributed by atoms with Crippen molar-refractivity contribution in [2.75, 3.05) is 17.7 Å². The van der Waals surface area contributed by atoms with E-state index in [9.17, 15) is 4.79 Å². The number of hydrogen-bond donors (Lipinski definition) is 1. The molecule has 0 atom stereocenters. The number of nitrogens with zero attached hydrogens (tertiary/aromatic N) is 2. The van der Waals surface area contributed by atoms with Crippen LogP contribution in [0.4, 0.5) is 5.69 Å². The van der Waals surface area contributed by atoms with Gasteiger partial charge in [-0.2, -0.15) is 0 Å². The van der Waals surface area contributed by atoms with Gasteiger partial charge in [-0.15, -0.1) is 10.2 Å². The number of anilines is 1. The smallest absolute Gasteiger partial charge is 0.234 e. The maximum Gasteiger partial charge on any atom is 0.234 e. The fourth-order valence-electron chi connectivity index (χ4n) is 2.06. The first-order valence-corrected chi connectivity index (χ1v) is 9.79. The summed E-state index contributed by atoms with van der Waals surface area (Å²) in [4.78, 5) is 12.0. The molecule has 0 unspecified atom stereocenters. The number of aromatic nitrogens is 2. The molecule has 0 saturated heterocycles. The second-order valence-electron chi connectivity index (χ2n) is 5.07. The Morgan fingerprint density at radius 3 is 2.35 bits per heavy atom. The molecule has 0 bridgehead atoms. The number of ether oxygens (including phenoxy) is 2. The molecule has 2 aromatic carbocycles. The van der Waals surface area contributed by atoms with Crippen LogP contribution in [0.25, 0.3) is 0 Å². The number of carbonyl (C=O) groups excluding carboxylic acids is 1. The van der Waals surface area contributed by atoms with Gasteiger partial charge in [-0.1, -0.05) is 23.1 Å². The zero-order valence-electron chi connectivity index (χ0n) is 14.0. The van der Waals surface area contributed by atoms with Crippen molar-refractivity contribution >= 4 is 34.7 Å². The molecule has 0 aliphatic heterocycles. The maximum absolute atomic E-state index is 12.0.